The molecule has 1 atom stereocenters. The number of hydrogen-bond acceptors (Lipinski definition) is 2. The van der Waals surface area contributed by atoms with E-state index in [0.717, 1.165) is 18.7 Å². The van der Waals surface area contributed by atoms with Crippen LogP contribution in [-0.2, 0) is 6.42 Å². The van der Waals surface area contributed by atoms with Gasteiger partial charge in [-0.15, -0.1) is 0 Å². The SMILES string of the molecule is CCCC(CNC)Cc1cc(C)ccc1OC. The Morgan fingerprint density at radius 2 is 2.12 bits per heavy atom. The molecule has 2 heteroatoms. The van der Waals surface area contributed by atoms with Crippen LogP contribution in [0.2, 0.25) is 0 Å². The normalized spacial score (nSPS) is 12.5. The summed E-state index contributed by atoms with van der Waals surface area (Å²) in [4.78, 5) is 0. The molecular weight excluding hydrogens is 210 g/mol. The van der Waals surface area contributed by atoms with Crippen LogP contribution in [-0.4, -0.2) is 20.7 Å². The van der Waals surface area contributed by atoms with Crippen molar-refractivity contribution >= 4 is 0 Å². The van der Waals surface area contributed by atoms with Crippen LogP contribution in [0.3, 0.4) is 0 Å². The molecule has 1 unspecified atom stereocenters. The second-order valence-electron chi connectivity index (χ2n) is 4.73. The Balaban J connectivity index is 2.79. The van der Waals surface area contributed by atoms with Gasteiger partial charge in [0.15, 0.2) is 0 Å². The predicted molar refractivity (Wildman–Crippen MR) is 73.8 cm³/mol. The molecule has 2 nitrogen and oxygen atoms in total. The van der Waals surface area contributed by atoms with Crippen LogP contribution in [0.25, 0.3) is 0 Å². The van der Waals surface area contributed by atoms with E-state index in [-0.39, 0.29) is 0 Å². The van der Waals surface area contributed by atoms with Crippen LogP contribution in [0, 0.1) is 12.8 Å². The van der Waals surface area contributed by atoms with E-state index >= 15 is 0 Å². The van der Waals surface area contributed by atoms with E-state index in [0.29, 0.717) is 5.92 Å². The standard InChI is InChI=1S/C15H25NO/c1-5-6-13(11-16-3)10-14-9-12(2)7-8-15(14)17-4/h7-9,13,16H,5-6,10-11H2,1-4H3. The van der Waals surface area contributed by atoms with Crippen molar-refractivity contribution < 1.29 is 4.74 Å². The van der Waals surface area contributed by atoms with Crippen molar-refractivity contribution in [2.45, 2.75) is 33.1 Å². The molecule has 17 heavy (non-hydrogen) atoms. The maximum Gasteiger partial charge on any atom is 0.122 e. The molecule has 0 radical (unpaired) electrons. The third-order valence-electron chi connectivity index (χ3n) is 3.13. The zero-order chi connectivity index (χ0) is 12.7. The van der Waals surface area contributed by atoms with Gasteiger partial charge < -0.3 is 10.1 Å². The van der Waals surface area contributed by atoms with Gasteiger partial charge in [-0.25, -0.2) is 0 Å². The van der Waals surface area contributed by atoms with Gasteiger partial charge in [-0.3, -0.25) is 0 Å². The Labute approximate surface area is 105 Å². The molecular formula is C15H25NO. The molecule has 0 amide bonds. The lowest BCUT2D eigenvalue weighted by molar-refractivity contribution is 0.397. The lowest BCUT2D eigenvalue weighted by atomic mass is 9.93. The Kier molecular flexibility index (Phi) is 6.06. The summed E-state index contributed by atoms with van der Waals surface area (Å²) in [6.07, 6.45) is 3.60. The summed E-state index contributed by atoms with van der Waals surface area (Å²) in [5.41, 5.74) is 2.64. The predicted octanol–water partition coefficient (Wildman–Crippen LogP) is 3.18. The number of nitrogens with one attached hydrogen (secondary N) is 1. The largest absolute Gasteiger partial charge is 0.496 e. The average Bonchev–Trinajstić information content (AvgIpc) is 2.30. The quantitative estimate of drug-likeness (QED) is 0.783. The fraction of sp³-hybridized carbons (Fsp3) is 0.600. The third-order valence-corrected chi connectivity index (χ3v) is 3.13. The van der Waals surface area contributed by atoms with E-state index in [1.165, 1.54) is 24.0 Å². The van der Waals surface area contributed by atoms with E-state index in [9.17, 15) is 0 Å². The highest BCUT2D eigenvalue weighted by atomic mass is 16.5. The van der Waals surface area contributed by atoms with Crippen molar-refractivity contribution in [2.24, 2.45) is 5.92 Å². The number of methoxy groups -OCH3 is 1. The van der Waals surface area contributed by atoms with Gasteiger partial charge in [0.2, 0.25) is 0 Å². The molecule has 0 fully saturated rings. The summed E-state index contributed by atoms with van der Waals surface area (Å²) in [6, 6.07) is 6.43. The van der Waals surface area contributed by atoms with Gasteiger partial charge in [-0.1, -0.05) is 31.0 Å². The molecule has 0 heterocycles. The molecule has 0 spiro atoms. The van der Waals surface area contributed by atoms with Gasteiger partial charge in [-0.2, -0.15) is 0 Å². The summed E-state index contributed by atoms with van der Waals surface area (Å²) in [5, 5.41) is 3.28. The Hall–Kier alpha value is -1.02. The summed E-state index contributed by atoms with van der Waals surface area (Å²) in [7, 11) is 3.78. The number of aryl methyl sites for hydroxylation is 1. The Morgan fingerprint density at radius 3 is 2.71 bits per heavy atom. The van der Waals surface area contributed by atoms with E-state index in [1.807, 2.05) is 7.05 Å². The first-order valence-electron chi connectivity index (χ1n) is 6.49. The molecule has 96 valence electrons. The first-order chi connectivity index (χ1) is 8.21. The van der Waals surface area contributed by atoms with Gasteiger partial charge in [0.1, 0.15) is 5.75 Å². The molecule has 0 aliphatic heterocycles. The zero-order valence-electron chi connectivity index (χ0n) is 11.5. The first-order valence-corrected chi connectivity index (χ1v) is 6.49. The van der Waals surface area contributed by atoms with Crippen molar-refractivity contribution in [1.82, 2.24) is 5.32 Å². The third kappa shape index (κ3) is 4.39. The fourth-order valence-corrected chi connectivity index (χ4v) is 2.35. The monoisotopic (exact) mass is 235 g/mol. The minimum absolute atomic E-state index is 0.695. The topological polar surface area (TPSA) is 21.3 Å². The molecule has 1 aromatic rings. The minimum atomic E-state index is 0.695. The van der Waals surface area contributed by atoms with E-state index in [2.05, 4.69) is 37.4 Å². The van der Waals surface area contributed by atoms with Crippen molar-refractivity contribution in [2.75, 3.05) is 20.7 Å². The Bertz CT molecular complexity index is 330. The summed E-state index contributed by atoms with van der Waals surface area (Å²) in [6.45, 7) is 5.46. The second-order valence-corrected chi connectivity index (χ2v) is 4.73. The summed E-state index contributed by atoms with van der Waals surface area (Å²) >= 11 is 0. The highest BCUT2D eigenvalue weighted by Crippen LogP contribution is 2.24. The van der Waals surface area contributed by atoms with E-state index in [4.69, 9.17) is 4.74 Å². The average molecular weight is 235 g/mol. The van der Waals surface area contributed by atoms with Crippen LogP contribution in [0.4, 0.5) is 0 Å². The summed E-state index contributed by atoms with van der Waals surface area (Å²) < 4.78 is 5.44. The van der Waals surface area contributed by atoms with Gasteiger partial charge in [0.25, 0.3) is 0 Å². The lowest BCUT2D eigenvalue weighted by Gasteiger charge is -2.18. The fourth-order valence-electron chi connectivity index (χ4n) is 2.35. The first kappa shape index (κ1) is 14.0. The molecule has 0 aromatic heterocycles. The number of hydrogen-bond donors (Lipinski definition) is 1. The Morgan fingerprint density at radius 1 is 1.35 bits per heavy atom. The molecule has 0 bridgehead atoms. The number of rotatable bonds is 7. The van der Waals surface area contributed by atoms with E-state index in [1.54, 1.807) is 7.11 Å². The van der Waals surface area contributed by atoms with Crippen LogP contribution in [0.1, 0.15) is 30.9 Å². The molecule has 0 saturated heterocycles. The van der Waals surface area contributed by atoms with Crippen LogP contribution >= 0.6 is 0 Å². The molecule has 0 saturated carbocycles. The van der Waals surface area contributed by atoms with Crippen LogP contribution < -0.4 is 10.1 Å². The smallest absolute Gasteiger partial charge is 0.122 e. The molecule has 0 aliphatic carbocycles. The maximum atomic E-state index is 5.44. The van der Waals surface area contributed by atoms with Crippen molar-refractivity contribution in [3.63, 3.8) is 0 Å². The van der Waals surface area contributed by atoms with Crippen molar-refractivity contribution in [1.29, 1.82) is 0 Å². The van der Waals surface area contributed by atoms with Gasteiger partial charge >= 0.3 is 0 Å². The molecule has 1 N–H and O–H groups in total. The van der Waals surface area contributed by atoms with Gasteiger partial charge in [-0.05, 0) is 50.9 Å². The highest BCUT2D eigenvalue weighted by molar-refractivity contribution is 5.37. The van der Waals surface area contributed by atoms with Crippen molar-refractivity contribution in [3.8, 4) is 5.75 Å². The van der Waals surface area contributed by atoms with Crippen molar-refractivity contribution in [3.05, 3.63) is 29.3 Å². The van der Waals surface area contributed by atoms with Crippen LogP contribution in [0.15, 0.2) is 18.2 Å². The highest BCUT2D eigenvalue weighted by Gasteiger charge is 2.11. The van der Waals surface area contributed by atoms with Gasteiger partial charge in [0, 0.05) is 0 Å². The molecule has 0 aliphatic rings. The molecule has 1 rings (SSSR count). The zero-order valence-corrected chi connectivity index (χ0v) is 11.5. The summed E-state index contributed by atoms with van der Waals surface area (Å²) in [5.74, 6) is 1.72. The second kappa shape index (κ2) is 7.33. The number of benzene rings is 1. The molecule has 1 aromatic carbocycles. The van der Waals surface area contributed by atoms with Gasteiger partial charge in [0.05, 0.1) is 7.11 Å². The van der Waals surface area contributed by atoms with Crippen LogP contribution in [0.5, 0.6) is 5.75 Å². The number of ether oxygens (including phenoxy) is 1. The van der Waals surface area contributed by atoms with E-state index < -0.39 is 0 Å². The maximum absolute atomic E-state index is 5.44. The minimum Gasteiger partial charge on any atom is -0.496 e. The lowest BCUT2D eigenvalue weighted by Crippen LogP contribution is -2.20.